The van der Waals surface area contributed by atoms with Crippen LogP contribution in [0.15, 0.2) is 41.3 Å². The van der Waals surface area contributed by atoms with Gasteiger partial charge in [0.2, 0.25) is 0 Å². The molecule has 0 saturated carbocycles. The minimum atomic E-state index is -4.87. The molecule has 1 aromatic heterocycles. The zero-order valence-corrected chi connectivity index (χ0v) is 16.8. The molecule has 7 nitrogen and oxygen atoms in total. The number of alkyl halides is 3. The Balaban J connectivity index is 1.97. The van der Waals surface area contributed by atoms with Crippen LogP contribution >= 0.6 is 11.6 Å². The number of halogens is 6. The van der Waals surface area contributed by atoms with Crippen LogP contribution in [0.2, 0.25) is 5.02 Å². The van der Waals surface area contributed by atoms with Gasteiger partial charge in [-0.2, -0.15) is 13.2 Å². The molecule has 0 fully saturated rings. The lowest BCUT2D eigenvalue weighted by Gasteiger charge is -2.11. The number of sulfonamides is 1. The Labute approximate surface area is 176 Å². The Morgan fingerprint density at radius 1 is 1.13 bits per heavy atom. The van der Waals surface area contributed by atoms with E-state index in [1.54, 1.807) is 0 Å². The van der Waals surface area contributed by atoms with E-state index in [0.29, 0.717) is 16.8 Å². The zero-order chi connectivity index (χ0) is 23.1. The smallest absolute Gasteiger partial charge is 0.266 e. The van der Waals surface area contributed by atoms with Crippen molar-refractivity contribution in [2.24, 2.45) is 0 Å². The van der Waals surface area contributed by atoms with Crippen LogP contribution in [0.5, 0.6) is 0 Å². The van der Waals surface area contributed by atoms with Gasteiger partial charge < -0.3 is 0 Å². The van der Waals surface area contributed by atoms with E-state index < -0.39 is 60.6 Å². The van der Waals surface area contributed by atoms with E-state index in [9.17, 15) is 35.2 Å². The van der Waals surface area contributed by atoms with E-state index in [1.807, 2.05) is 0 Å². The van der Waals surface area contributed by atoms with Gasteiger partial charge in [-0.05, 0) is 37.3 Å². The maximum atomic E-state index is 14.0. The number of amides is 1. The highest BCUT2D eigenvalue weighted by atomic mass is 35.5. The summed E-state index contributed by atoms with van der Waals surface area (Å²) >= 11 is 5.70. The average Bonchev–Trinajstić information content (AvgIpc) is 3.02. The maximum Gasteiger partial charge on any atom is 0.416 e. The van der Waals surface area contributed by atoms with Gasteiger partial charge in [0.05, 0.1) is 16.3 Å². The van der Waals surface area contributed by atoms with Gasteiger partial charge in [0.1, 0.15) is 10.6 Å². The van der Waals surface area contributed by atoms with Crippen molar-refractivity contribution in [1.29, 1.82) is 0 Å². The number of carbonyl (C=O) groups is 1. The number of aromatic nitrogens is 3. The number of para-hydroxylation sites is 1. The van der Waals surface area contributed by atoms with Crippen molar-refractivity contribution in [1.82, 2.24) is 19.7 Å². The number of nitrogens with zero attached hydrogens (tertiary/aromatic N) is 3. The van der Waals surface area contributed by atoms with Crippen LogP contribution in [0.25, 0.3) is 5.69 Å². The first-order valence-electron chi connectivity index (χ1n) is 8.13. The van der Waals surface area contributed by atoms with Gasteiger partial charge in [0, 0.05) is 0 Å². The number of carbonyl (C=O) groups excluding carboxylic acids is 1. The first kappa shape index (κ1) is 22.6. The lowest BCUT2D eigenvalue weighted by atomic mass is 10.2. The summed E-state index contributed by atoms with van der Waals surface area (Å²) in [7, 11) is -4.87. The second-order valence-corrected chi connectivity index (χ2v) is 8.14. The topological polar surface area (TPSA) is 93.9 Å². The molecule has 14 heteroatoms. The summed E-state index contributed by atoms with van der Waals surface area (Å²) in [5.74, 6) is -3.44. The third kappa shape index (κ3) is 4.37. The first-order valence-corrected chi connectivity index (χ1v) is 9.99. The predicted molar refractivity (Wildman–Crippen MR) is 97.1 cm³/mol. The van der Waals surface area contributed by atoms with E-state index in [2.05, 4.69) is 10.3 Å². The van der Waals surface area contributed by atoms with Crippen LogP contribution in [-0.2, 0) is 16.2 Å². The van der Waals surface area contributed by atoms with Crippen LogP contribution in [0.1, 0.15) is 21.7 Å². The Morgan fingerprint density at radius 3 is 2.32 bits per heavy atom. The summed E-state index contributed by atoms with van der Waals surface area (Å²) in [5.41, 5.74) is -2.82. The molecule has 0 aliphatic carbocycles. The lowest BCUT2D eigenvalue weighted by Crippen LogP contribution is -2.31. The van der Waals surface area contributed by atoms with E-state index in [4.69, 9.17) is 11.6 Å². The highest BCUT2D eigenvalue weighted by Crippen LogP contribution is 2.33. The molecule has 0 saturated heterocycles. The summed E-state index contributed by atoms with van der Waals surface area (Å²) in [6.45, 7) is 1.19. The van der Waals surface area contributed by atoms with E-state index in [-0.39, 0.29) is 11.8 Å². The molecule has 1 N–H and O–H groups in total. The highest BCUT2D eigenvalue weighted by Gasteiger charge is 2.33. The Bertz CT molecular complexity index is 1270. The molecule has 0 bridgehead atoms. The molecule has 0 atom stereocenters. The average molecular weight is 481 g/mol. The Hall–Kier alpha value is -3.06. The number of rotatable bonds is 4. The minimum absolute atomic E-state index is 0.230. The standard InChI is InChI=1S/C17H10ClF5N4O3S/c1-8-14(24-26-27(8)15-11(19)3-2-4-12(15)20)16(28)25-31(29,30)13-7-9(17(21,22)23)5-6-10(13)18/h2-7H,1H3,(H,25,28). The summed E-state index contributed by atoms with van der Waals surface area (Å²) < 4.78 is 93.7. The number of hydrogen-bond acceptors (Lipinski definition) is 5. The number of nitrogens with one attached hydrogen (secondary N) is 1. The number of hydrogen-bond donors (Lipinski definition) is 1. The van der Waals surface area contributed by atoms with Gasteiger partial charge in [-0.3, -0.25) is 4.79 Å². The molecule has 164 valence electrons. The zero-order valence-electron chi connectivity index (χ0n) is 15.2. The molecule has 3 rings (SSSR count). The summed E-state index contributed by atoms with van der Waals surface area (Å²) in [5, 5.41) is 6.31. The number of benzene rings is 2. The fourth-order valence-electron chi connectivity index (χ4n) is 2.55. The Morgan fingerprint density at radius 2 is 1.74 bits per heavy atom. The highest BCUT2D eigenvalue weighted by molar-refractivity contribution is 7.90. The Kier molecular flexibility index (Phi) is 5.76. The van der Waals surface area contributed by atoms with Crippen LogP contribution in [0, 0.1) is 18.6 Å². The molecule has 3 aromatic rings. The molecule has 0 aliphatic heterocycles. The van der Waals surface area contributed by atoms with Gasteiger partial charge in [0.25, 0.3) is 15.9 Å². The quantitative estimate of drug-likeness (QED) is 0.575. The molecule has 2 aromatic carbocycles. The van der Waals surface area contributed by atoms with Crippen molar-refractivity contribution < 1.29 is 35.2 Å². The molecule has 0 spiro atoms. The van der Waals surface area contributed by atoms with Crippen molar-refractivity contribution >= 4 is 27.5 Å². The van der Waals surface area contributed by atoms with Crippen molar-refractivity contribution in [2.75, 3.05) is 0 Å². The third-order valence-corrected chi connectivity index (χ3v) is 5.85. The first-order chi connectivity index (χ1) is 14.3. The van der Waals surface area contributed by atoms with Crippen LogP contribution in [0.4, 0.5) is 22.0 Å². The van der Waals surface area contributed by atoms with Crippen LogP contribution < -0.4 is 4.72 Å². The third-order valence-electron chi connectivity index (χ3n) is 4.03. The fourth-order valence-corrected chi connectivity index (χ4v) is 4.03. The van der Waals surface area contributed by atoms with Crippen molar-refractivity contribution in [3.8, 4) is 5.69 Å². The van der Waals surface area contributed by atoms with Gasteiger partial charge >= 0.3 is 6.18 Å². The largest absolute Gasteiger partial charge is 0.416 e. The minimum Gasteiger partial charge on any atom is -0.266 e. The SMILES string of the molecule is Cc1c(C(=O)NS(=O)(=O)c2cc(C(F)(F)F)ccc2Cl)nnn1-c1c(F)cccc1F. The molecule has 1 amide bonds. The predicted octanol–water partition coefficient (Wildman–Crippen LogP) is 3.64. The van der Waals surface area contributed by atoms with Gasteiger partial charge in [-0.25, -0.2) is 26.6 Å². The van der Waals surface area contributed by atoms with E-state index in [1.165, 1.54) is 11.6 Å². The molecule has 0 radical (unpaired) electrons. The van der Waals surface area contributed by atoms with Crippen LogP contribution in [0.3, 0.4) is 0 Å². The molecule has 1 heterocycles. The second kappa shape index (κ2) is 7.89. The normalized spacial score (nSPS) is 12.1. The van der Waals surface area contributed by atoms with E-state index >= 15 is 0 Å². The second-order valence-electron chi connectivity index (χ2n) is 6.08. The van der Waals surface area contributed by atoms with Gasteiger partial charge in [0.15, 0.2) is 17.3 Å². The molecular formula is C17H10ClF5N4O3S. The van der Waals surface area contributed by atoms with Crippen molar-refractivity contribution in [2.45, 2.75) is 18.0 Å². The van der Waals surface area contributed by atoms with Gasteiger partial charge in [-0.15, -0.1) is 5.10 Å². The maximum absolute atomic E-state index is 14.0. The molecular weight excluding hydrogens is 471 g/mol. The monoisotopic (exact) mass is 480 g/mol. The fraction of sp³-hybridized carbons (Fsp3) is 0.118. The van der Waals surface area contributed by atoms with Gasteiger partial charge in [-0.1, -0.05) is 22.9 Å². The molecule has 31 heavy (non-hydrogen) atoms. The molecule has 0 aliphatic rings. The summed E-state index contributed by atoms with van der Waals surface area (Å²) in [6, 6.07) is 4.50. The lowest BCUT2D eigenvalue weighted by molar-refractivity contribution is -0.137. The van der Waals surface area contributed by atoms with Crippen molar-refractivity contribution in [3.05, 3.63) is 70.0 Å². The molecule has 0 unspecified atom stereocenters. The summed E-state index contributed by atoms with van der Waals surface area (Å²) in [4.78, 5) is 11.4. The van der Waals surface area contributed by atoms with Crippen LogP contribution in [-0.4, -0.2) is 29.3 Å². The van der Waals surface area contributed by atoms with Crippen molar-refractivity contribution in [3.63, 3.8) is 0 Å². The summed E-state index contributed by atoms with van der Waals surface area (Å²) in [6.07, 6.45) is -4.86. The van der Waals surface area contributed by atoms with E-state index in [0.717, 1.165) is 18.2 Å².